The molecule has 0 aliphatic carbocycles. The van der Waals surface area contributed by atoms with Gasteiger partial charge in [0.2, 0.25) is 0 Å². The van der Waals surface area contributed by atoms with Crippen LogP contribution in [0.5, 0.6) is 5.75 Å². The summed E-state index contributed by atoms with van der Waals surface area (Å²) in [7, 11) is 1.62. The molecule has 5 nitrogen and oxygen atoms in total. The molecule has 27 heavy (non-hydrogen) atoms. The monoisotopic (exact) mass is 376 g/mol. The quantitative estimate of drug-likeness (QED) is 0.495. The van der Waals surface area contributed by atoms with Gasteiger partial charge in [0.15, 0.2) is 0 Å². The molecule has 0 spiro atoms. The van der Waals surface area contributed by atoms with Crippen molar-refractivity contribution >= 4 is 21.6 Å². The lowest BCUT2D eigenvalue weighted by atomic mass is 10.1. The summed E-state index contributed by atoms with van der Waals surface area (Å²) in [4.78, 5) is 18.6. The second-order valence-corrected chi connectivity index (χ2v) is 6.78. The van der Waals surface area contributed by atoms with Crippen molar-refractivity contribution in [2.75, 3.05) is 7.11 Å². The Morgan fingerprint density at radius 1 is 1.30 bits per heavy atom. The molecule has 0 saturated heterocycles. The van der Waals surface area contributed by atoms with E-state index < -0.39 is 0 Å². The average molecular weight is 376 g/mol. The number of fused-ring (bicyclic) bond motifs is 1. The van der Waals surface area contributed by atoms with Crippen LogP contribution in [0.3, 0.4) is 0 Å². The molecule has 0 aliphatic rings. The molecule has 6 heteroatoms. The Morgan fingerprint density at radius 3 is 2.89 bits per heavy atom. The van der Waals surface area contributed by atoms with Crippen molar-refractivity contribution in [3.63, 3.8) is 0 Å². The molecule has 4 aromatic rings. The Balaban J connectivity index is 1.90. The van der Waals surface area contributed by atoms with Gasteiger partial charge in [-0.3, -0.25) is 9.36 Å². The van der Waals surface area contributed by atoms with Gasteiger partial charge in [-0.15, -0.1) is 17.8 Å². The molecule has 0 aliphatic heterocycles. The van der Waals surface area contributed by atoms with Crippen LogP contribution in [0.4, 0.5) is 0 Å². The van der Waals surface area contributed by atoms with Crippen LogP contribution in [-0.2, 0) is 13.0 Å². The lowest BCUT2D eigenvalue weighted by molar-refractivity contribution is 0.410. The Morgan fingerprint density at radius 2 is 2.15 bits per heavy atom. The number of thiophene rings is 1. The van der Waals surface area contributed by atoms with Crippen molar-refractivity contribution in [2.45, 2.75) is 13.0 Å². The molecule has 134 valence electrons. The Kier molecular flexibility index (Phi) is 4.53. The van der Waals surface area contributed by atoms with Crippen molar-refractivity contribution in [1.82, 2.24) is 9.55 Å². The summed E-state index contributed by atoms with van der Waals surface area (Å²) in [5.41, 5.74) is 1.53. The summed E-state index contributed by atoms with van der Waals surface area (Å²) in [6.45, 7) is 0.152. The predicted molar refractivity (Wildman–Crippen MR) is 106 cm³/mol. The molecule has 0 unspecified atom stereocenters. The maximum absolute atomic E-state index is 13.2. The molecule has 3 aromatic heterocycles. The zero-order chi connectivity index (χ0) is 18.8. The van der Waals surface area contributed by atoms with Gasteiger partial charge in [0.1, 0.15) is 22.2 Å². The first-order valence-electron chi connectivity index (χ1n) is 8.33. The number of terminal acetylenes is 1. The number of benzene rings is 1. The molecule has 3 heterocycles. The third-order valence-corrected chi connectivity index (χ3v) is 5.22. The van der Waals surface area contributed by atoms with E-state index in [0.717, 1.165) is 16.9 Å². The van der Waals surface area contributed by atoms with E-state index >= 15 is 0 Å². The van der Waals surface area contributed by atoms with Crippen LogP contribution < -0.4 is 10.3 Å². The van der Waals surface area contributed by atoms with Crippen LogP contribution in [0.15, 0.2) is 57.3 Å². The Bertz CT molecular complexity index is 1200. The highest BCUT2D eigenvalue weighted by Crippen LogP contribution is 2.31. The number of ether oxygens (including phenoxy) is 1. The van der Waals surface area contributed by atoms with E-state index in [0.29, 0.717) is 28.2 Å². The highest BCUT2D eigenvalue weighted by atomic mass is 32.1. The number of para-hydroxylation sites is 1. The molecule has 0 fully saturated rings. The number of methoxy groups -OCH3 is 1. The lowest BCUT2D eigenvalue weighted by Gasteiger charge is -2.12. The molecule has 0 saturated carbocycles. The van der Waals surface area contributed by atoms with Crippen molar-refractivity contribution in [1.29, 1.82) is 0 Å². The second-order valence-electron chi connectivity index (χ2n) is 5.92. The third kappa shape index (κ3) is 3.03. The fraction of sp³-hybridized carbons (Fsp3) is 0.143. The van der Waals surface area contributed by atoms with Crippen LogP contribution in [0.25, 0.3) is 21.5 Å². The first-order valence-corrected chi connectivity index (χ1v) is 9.21. The summed E-state index contributed by atoms with van der Waals surface area (Å²) >= 11 is 1.42. The van der Waals surface area contributed by atoms with E-state index in [1.807, 2.05) is 35.7 Å². The second kappa shape index (κ2) is 7.14. The molecule has 0 atom stereocenters. The highest BCUT2D eigenvalue weighted by molar-refractivity contribution is 7.17. The largest absolute Gasteiger partial charge is 0.496 e. The third-order valence-electron chi connectivity index (χ3n) is 4.35. The number of hydrogen-bond acceptors (Lipinski definition) is 5. The zero-order valence-corrected chi connectivity index (χ0v) is 15.5. The van der Waals surface area contributed by atoms with Crippen molar-refractivity contribution in [2.24, 2.45) is 0 Å². The predicted octanol–water partition coefficient (Wildman–Crippen LogP) is 3.95. The summed E-state index contributed by atoms with van der Waals surface area (Å²) in [6.07, 6.45) is 7.56. The number of nitrogens with zero attached hydrogens (tertiary/aromatic N) is 2. The molecule has 4 rings (SSSR count). The molecule has 1 aromatic carbocycles. The molecule has 0 radical (unpaired) electrons. The van der Waals surface area contributed by atoms with E-state index in [9.17, 15) is 4.79 Å². The molecule has 0 amide bonds. The summed E-state index contributed by atoms with van der Waals surface area (Å²) in [6, 6.07) is 11.3. The Hall–Kier alpha value is -3.30. The van der Waals surface area contributed by atoms with Crippen molar-refractivity contribution in [3.8, 4) is 29.4 Å². The van der Waals surface area contributed by atoms with Gasteiger partial charge in [-0.05, 0) is 18.2 Å². The smallest absolute Gasteiger partial charge is 0.263 e. The van der Waals surface area contributed by atoms with Gasteiger partial charge < -0.3 is 9.15 Å². The van der Waals surface area contributed by atoms with Gasteiger partial charge >= 0.3 is 0 Å². The minimum Gasteiger partial charge on any atom is -0.496 e. The van der Waals surface area contributed by atoms with Gasteiger partial charge in [-0.2, -0.15) is 0 Å². The van der Waals surface area contributed by atoms with Crippen molar-refractivity contribution < 1.29 is 9.15 Å². The van der Waals surface area contributed by atoms with Crippen molar-refractivity contribution in [3.05, 3.63) is 69.8 Å². The zero-order valence-electron chi connectivity index (χ0n) is 14.6. The van der Waals surface area contributed by atoms with Gasteiger partial charge in [0.25, 0.3) is 5.56 Å². The first kappa shape index (κ1) is 17.1. The van der Waals surface area contributed by atoms with Crippen LogP contribution in [-0.4, -0.2) is 16.7 Å². The molecule has 0 bridgehead atoms. The molecule has 0 N–H and O–H groups in total. The maximum Gasteiger partial charge on any atom is 0.263 e. The summed E-state index contributed by atoms with van der Waals surface area (Å²) in [5, 5.41) is 2.43. The summed E-state index contributed by atoms with van der Waals surface area (Å²) < 4.78 is 12.4. The molecular weight excluding hydrogens is 360 g/mol. The number of aromatic nitrogens is 2. The number of rotatable bonds is 5. The number of furan rings is 1. The fourth-order valence-electron chi connectivity index (χ4n) is 3.09. The van der Waals surface area contributed by atoms with E-state index in [1.54, 1.807) is 24.0 Å². The van der Waals surface area contributed by atoms with Crippen LogP contribution in [0.1, 0.15) is 11.4 Å². The Labute approximate surface area is 159 Å². The van der Waals surface area contributed by atoms with E-state index in [1.165, 1.54) is 11.3 Å². The average Bonchev–Trinajstić information content (AvgIpc) is 3.34. The lowest BCUT2D eigenvalue weighted by Crippen LogP contribution is -2.25. The van der Waals surface area contributed by atoms with Gasteiger partial charge in [0, 0.05) is 22.9 Å². The minimum absolute atomic E-state index is 0.152. The maximum atomic E-state index is 13.2. The van der Waals surface area contributed by atoms with Gasteiger partial charge in [-0.1, -0.05) is 24.1 Å². The van der Waals surface area contributed by atoms with E-state index in [2.05, 4.69) is 5.92 Å². The highest BCUT2D eigenvalue weighted by Gasteiger charge is 2.18. The first-order chi connectivity index (χ1) is 13.2. The fourth-order valence-corrected chi connectivity index (χ4v) is 4.02. The van der Waals surface area contributed by atoms with Gasteiger partial charge in [0.05, 0.1) is 25.3 Å². The normalized spacial score (nSPS) is 10.8. The van der Waals surface area contributed by atoms with Crippen LogP contribution in [0, 0.1) is 12.3 Å². The van der Waals surface area contributed by atoms with Gasteiger partial charge in [-0.25, -0.2) is 4.98 Å². The SMILES string of the molecule is C#CCn1c(Cc2ccccc2OC)nc2scc(-c3ccco3)c2c1=O. The van der Waals surface area contributed by atoms with E-state index in [4.69, 9.17) is 20.6 Å². The molecular formula is C21H16N2O3S. The van der Waals surface area contributed by atoms with E-state index in [-0.39, 0.29) is 12.1 Å². The van der Waals surface area contributed by atoms with Crippen LogP contribution in [0.2, 0.25) is 0 Å². The van der Waals surface area contributed by atoms with Crippen LogP contribution >= 0.6 is 11.3 Å². The number of hydrogen-bond donors (Lipinski definition) is 0. The standard InChI is InChI=1S/C21H16N2O3S/c1-3-10-23-18(12-14-7-4-5-8-16(14)25-2)22-20-19(21(23)24)15(13-27-20)17-9-6-11-26-17/h1,4-9,11,13H,10,12H2,2H3. The minimum atomic E-state index is -0.157. The topological polar surface area (TPSA) is 57.3 Å². The summed E-state index contributed by atoms with van der Waals surface area (Å²) in [5.74, 6) is 4.57.